The van der Waals surface area contributed by atoms with Crippen molar-refractivity contribution in [1.82, 2.24) is 0 Å². The average Bonchev–Trinajstić information content (AvgIpc) is 2.15. The summed E-state index contributed by atoms with van der Waals surface area (Å²) in [6, 6.07) is 4.35. The van der Waals surface area contributed by atoms with Gasteiger partial charge in [0.1, 0.15) is 5.82 Å². The van der Waals surface area contributed by atoms with Crippen LogP contribution in [0.1, 0.15) is 30.6 Å². The lowest BCUT2D eigenvalue weighted by Crippen LogP contribution is -2.27. The second-order valence-electron chi connectivity index (χ2n) is 3.54. The summed E-state index contributed by atoms with van der Waals surface area (Å²) in [5, 5.41) is 9.70. The molecule has 1 aromatic rings. The molecule has 0 aliphatic rings. The Balaban J connectivity index is 2.95. The zero-order chi connectivity index (χ0) is 10.7. The summed E-state index contributed by atoms with van der Waals surface area (Å²) < 4.78 is 13.4. The summed E-state index contributed by atoms with van der Waals surface area (Å²) in [7, 11) is 0. The Bertz CT molecular complexity index is 314. The summed E-state index contributed by atoms with van der Waals surface area (Å²) in [5.74, 6) is -0.388. The van der Waals surface area contributed by atoms with E-state index in [-0.39, 0.29) is 11.4 Å². The molecule has 3 heteroatoms. The van der Waals surface area contributed by atoms with Crippen LogP contribution in [-0.4, -0.2) is 11.1 Å². The molecule has 0 saturated heterocycles. The van der Waals surface area contributed by atoms with Gasteiger partial charge in [0.2, 0.25) is 0 Å². The highest BCUT2D eigenvalue weighted by Gasteiger charge is 2.18. The predicted octanol–water partition coefficient (Wildman–Crippen LogP) is 1.90. The van der Waals surface area contributed by atoms with E-state index in [4.69, 9.17) is 5.73 Å². The standard InChI is InChI=1S/C11H16FNO/c1-3-10(13)11(14)8-5-4-7(2)6-9(8)12/h4-6,10-11,14H,3,13H2,1-2H3/t10-,11-/m1/s1. The van der Waals surface area contributed by atoms with Crippen molar-refractivity contribution < 1.29 is 9.50 Å². The second-order valence-corrected chi connectivity index (χ2v) is 3.54. The minimum Gasteiger partial charge on any atom is -0.387 e. The number of nitrogens with two attached hydrogens (primary N) is 1. The van der Waals surface area contributed by atoms with Crippen LogP contribution in [0.15, 0.2) is 18.2 Å². The van der Waals surface area contributed by atoms with Crippen molar-refractivity contribution in [3.63, 3.8) is 0 Å². The Labute approximate surface area is 83.6 Å². The molecule has 0 radical (unpaired) electrons. The zero-order valence-corrected chi connectivity index (χ0v) is 8.50. The molecule has 1 rings (SSSR count). The van der Waals surface area contributed by atoms with Gasteiger partial charge in [-0.15, -0.1) is 0 Å². The Morgan fingerprint density at radius 3 is 2.64 bits per heavy atom. The third-order valence-electron chi connectivity index (χ3n) is 2.35. The van der Waals surface area contributed by atoms with Crippen LogP contribution in [-0.2, 0) is 0 Å². The van der Waals surface area contributed by atoms with Crippen molar-refractivity contribution in [1.29, 1.82) is 0 Å². The van der Waals surface area contributed by atoms with Gasteiger partial charge in [0.15, 0.2) is 0 Å². The lowest BCUT2D eigenvalue weighted by molar-refractivity contribution is 0.140. The van der Waals surface area contributed by atoms with Crippen molar-refractivity contribution in [2.75, 3.05) is 0 Å². The topological polar surface area (TPSA) is 46.2 Å². The first-order valence-corrected chi connectivity index (χ1v) is 4.76. The molecule has 0 heterocycles. The molecule has 0 unspecified atom stereocenters. The molecule has 78 valence electrons. The van der Waals surface area contributed by atoms with Gasteiger partial charge in [-0.05, 0) is 25.0 Å². The molecule has 0 saturated carbocycles. The van der Waals surface area contributed by atoms with E-state index in [1.54, 1.807) is 19.1 Å². The van der Waals surface area contributed by atoms with Gasteiger partial charge in [0.05, 0.1) is 6.10 Å². The van der Waals surface area contributed by atoms with Gasteiger partial charge in [-0.3, -0.25) is 0 Å². The maximum absolute atomic E-state index is 13.4. The lowest BCUT2D eigenvalue weighted by atomic mass is 9.99. The van der Waals surface area contributed by atoms with Crippen LogP contribution >= 0.6 is 0 Å². The lowest BCUT2D eigenvalue weighted by Gasteiger charge is -2.18. The molecule has 0 aromatic heterocycles. The number of hydrogen-bond acceptors (Lipinski definition) is 2. The molecule has 0 aliphatic heterocycles. The number of halogens is 1. The fraction of sp³-hybridized carbons (Fsp3) is 0.455. The fourth-order valence-corrected chi connectivity index (χ4v) is 1.33. The molecule has 2 atom stereocenters. The Morgan fingerprint density at radius 1 is 1.50 bits per heavy atom. The van der Waals surface area contributed by atoms with Crippen molar-refractivity contribution in [3.05, 3.63) is 35.1 Å². The highest BCUT2D eigenvalue weighted by Crippen LogP contribution is 2.21. The summed E-state index contributed by atoms with van der Waals surface area (Å²) in [6.45, 7) is 3.67. The molecule has 0 fully saturated rings. The third-order valence-corrected chi connectivity index (χ3v) is 2.35. The van der Waals surface area contributed by atoms with Gasteiger partial charge in [-0.2, -0.15) is 0 Å². The summed E-state index contributed by atoms with van der Waals surface area (Å²) in [4.78, 5) is 0. The molecule has 0 amide bonds. The molecular formula is C11H16FNO. The zero-order valence-electron chi connectivity index (χ0n) is 8.50. The number of benzene rings is 1. The quantitative estimate of drug-likeness (QED) is 0.777. The van der Waals surface area contributed by atoms with E-state index in [2.05, 4.69) is 0 Å². The van der Waals surface area contributed by atoms with E-state index in [1.807, 2.05) is 6.92 Å². The van der Waals surface area contributed by atoms with Gasteiger partial charge >= 0.3 is 0 Å². The summed E-state index contributed by atoms with van der Waals surface area (Å²) in [5.41, 5.74) is 6.76. The van der Waals surface area contributed by atoms with Gasteiger partial charge < -0.3 is 10.8 Å². The maximum atomic E-state index is 13.4. The number of hydrogen-bond donors (Lipinski definition) is 2. The molecule has 1 aromatic carbocycles. The van der Waals surface area contributed by atoms with Crippen molar-refractivity contribution in [2.45, 2.75) is 32.4 Å². The van der Waals surface area contributed by atoms with E-state index in [0.29, 0.717) is 6.42 Å². The first kappa shape index (κ1) is 11.1. The molecule has 2 nitrogen and oxygen atoms in total. The predicted molar refractivity (Wildman–Crippen MR) is 54.4 cm³/mol. The highest BCUT2D eigenvalue weighted by molar-refractivity contribution is 5.25. The maximum Gasteiger partial charge on any atom is 0.129 e. The van der Waals surface area contributed by atoms with E-state index < -0.39 is 12.1 Å². The van der Waals surface area contributed by atoms with Crippen LogP contribution in [0.3, 0.4) is 0 Å². The van der Waals surface area contributed by atoms with Crippen LogP contribution in [0.25, 0.3) is 0 Å². The van der Waals surface area contributed by atoms with Gasteiger partial charge in [-0.1, -0.05) is 19.1 Å². The Kier molecular flexibility index (Phi) is 3.61. The monoisotopic (exact) mass is 197 g/mol. The van der Waals surface area contributed by atoms with Crippen LogP contribution in [0.2, 0.25) is 0 Å². The average molecular weight is 197 g/mol. The second kappa shape index (κ2) is 4.53. The highest BCUT2D eigenvalue weighted by atomic mass is 19.1. The molecular weight excluding hydrogens is 181 g/mol. The van der Waals surface area contributed by atoms with Crippen LogP contribution < -0.4 is 5.73 Å². The summed E-state index contributed by atoms with van der Waals surface area (Å²) >= 11 is 0. The number of rotatable bonds is 3. The largest absolute Gasteiger partial charge is 0.387 e. The number of aliphatic hydroxyl groups is 1. The van der Waals surface area contributed by atoms with Crippen molar-refractivity contribution in [2.24, 2.45) is 5.73 Å². The first-order valence-electron chi connectivity index (χ1n) is 4.76. The van der Waals surface area contributed by atoms with E-state index in [9.17, 15) is 9.50 Å². The number of aryl methyl sites for hydroxylation is 1. The van der Waals surface area contributed by atoms with Crippen molar-refractivity contribution in [3.8, 4) is 0 Å². The normalized spacial score (nSPS) is 15.2. The van der Waals surface area contributed by atoms with Gasteiger partial charge in [0.25, 0.3) is 0 Å². The fourth-order valence-electron chi connectivity index (χ4n) is 1.33. The minimum absolute atomic E-state index is 0.282. The Hall–Kier alpha value is -0.930. The van der Waals surface area contributed by atoms with E-state index in [1.165, 1.54) is 6.07 Å². The smallest absolute Gasteiger partial charge is 0.129 e. The SMILES string of the molecule is CC[C@@H](N)[C@H](O)c1ccc(C)cc1F. The third kappa shape index (κ3) is 2.30. The minimum atomic E-state index is -0.916. The van der Waals surface area contributed by atoms with Crippen LogP contribution in [0.4, 0.5) is 4.39 Å². The first-order chi connectivity index (χ1) is 6.56. The number of aliphatic hydroxyl groups excluding tert-OH is 1. The van der Waals surface area contributed by atoms with Gasteiger partial charge in [0, 0.05) is 11.6 Å². The molecule has 14 heavy (non-hydrogen) atoms. The van der Waals surface area contributed by atoms with Crippen LogP contribution in [0, 0.1) is 12.7 Å². The molecule has 0 bridgehead atoms. The molecule has 0 aliphatic carbocycles. The molecule has 3 N–H and O–H groups in total. The van der Waals surface area contributed by atoms with E-state index >= 15 is 0 Å². The summed E-state index contributed by atoms with van der Waals surface area (Å²) in [6.07, 6.45) is -0.297. The van der Waals surface area contributed by atoms with Gasteiger partial charge in [-0.25, -0.2) is 4.39 Å². The Morgan fingerprint density at radius 2 is 2.14 bits per heavy atom. The molecule has 0 spiro atoms. The van der Waals surface area contributed by atoms with Crippen molar-refractivity contribution >= 4 is 0 Å². The van der Waals surface area contributed by atoms with Crippen LogP contribution in [0.5, 0.6) is 0 Å². The van der Waals surface area contributed by atoms with E-state index in [0.717, 1.165) is 5.56 Å².